The second-order valence-corrected chi connectivity index (χ2v) is 7.59. The summed E-state index contributed by atoms with van der Waals surface area (Å²) >= 11 is 1.26. The first-order valence-electron chi connectivity index (χ1n) is 9.91. The van der Waals surface area contributed by atoms with Crippen molar-refractivity contribution >= 4 is 23.9 Å². The van der Waals surface area contributed by atoms with Gasteiger partial charge >= 0.3 is 0 Å². The number of ether oxygens (including phenoxy) is 2. The smallest absolute Gasteiger partial charge is 0.250 e. The molecular formula is C23H21N5O4S. The van der Waals surface area contributed by atoms with Gasteiger partial charge in [0, 0.05) is 11.3 Å². The molecule has 1 N–H and O–H groups in total. The van der Waals surface area contributed by atoms with Gasteiger partial charge in [0.05, 0.1) is 32.5 Å². The summed E-state index contributed by atoms with van der Waals surface area (Å²) in [5.41, 5.74) is 4.14. The SMILES string of the molecule is COc1ccc(-c2nnc(SCC(=O)N/N=C/c3ccco3)n2-c2ccccc2)cc1OC. The van der Waals surface area contributed by atoms with Gasteiger partial charge in [0.2, 0.25) is 0 Å². The van der Waals surface area contributed by atoms with Gasteiger partial charge in [-0.25, -0.2) is 5.43 Å². The third kappa shape index (κ3) is 5.24. The van der Waals surface area contributed by atoms with Gasteiger partial charge in [0.1, 0.15) is 5.76 Å². The summed E-state index contributed by atoms with van der Waals surface area (Å²) in [5, 5.41) is 13.2. The van der Waals surface area contributed by atoms with Crippen LogP contribution in [0.3, 0.4) is 0 Å². The summed E-state index contributed by atoms with van der Waals surface area (Å²) in [6, 6.07) is 18.7. The number of carbonyl (C=O) groups is 1. The topological polar surface area (TPSA) is 104 Å². The van der Waals surface area contributed by atoms with Gasteiger partial charge in [-0.1, -0.05) is 30.0 Å². The van der Waals surface area contributed by atoms with E-state index >= 15 is 0 Å². The van der Waals surface area contributed by atoms with Crippen molar-refractivity contribution in [1.29, 1.82) is 0 Å². The van der Waals surface area contributed by atoms with E-state index in [1.807, 2.05) is 53.1 Å². The minimum absolute atomic E-state index is 0.104. The number of hydrazone groups is 1. The Hall–Kier alpha value is -4.05. The highest BCUT2D eigenvalue weighted by atomic mass is 32.2. The van der Waals surface area contributed by atoms with Gasteiger partial charge in [-0.05, 0) is 42.5 Å². The maximum absolute atomic E-state index is 12.3. The molecule has 0 bridgehead atoms. The molecular weight excluding hydrogens is 442 g/mol. The molecule has 0 atom stereocenters. The van der Waals surface area contributed by atoms with Crippen LogP contribution in [0.5, 0.6) is 11.5 Å². The quantitative estimate of drug-likeness (QED) is 0.229. The summed E-state index contributed by atoms with van der Waals surface area (Å²) in [5.74, 6) is 2.19. The maximum atomic E-state index is 12.3. The number of para-hydroxylation sites is 1. The van der Waals surface area contributed by atoms with Crippen molar-refractivity contribution in [2.75, 3.05) is 20.0 Å². The lowest BCUT2D eigenvalue weighted by molar-refractivity contribution is -0.118. The zero-order valence-electron chi connectivity index (χ0n) is 18.0. The van der Waals surface area contributed by atoms with Crippen LogP contribution in [0.4, 0.5) is 0 Å². The van der Waals surface area contributed by atoms with Gasteiger partial charge in [0.25, 0.3) is 5.91 Å². The van der Waals surface area contributed by atoms with Gasteiger partial charge in [-0.2, -0.15) is 5.10 Å². The molecule has 9 nitrogen and oxygen atoms in total. The fraction of sp³-hybridized carbons (Fsp3) is 0.130. The highest BCUT2D eigenvalue weighted by Gasteiger charge is 2.18. The lowest BCUT2D eigenvalue weighted by Crippen LogP contribution is -2.19. The molecule has 0 saturated heterocycles. The Balaban J connectivity index is 1.57. The van der Waals surface area contributed by atoms with Crippen molar-refractivity contribution in [3.8, 4) is 28.6 Å². The Morgan fingerprint density at radius 3 is 2.64 bits per heavy atom. The number of thioether (sulfide) groups is 1. The first kappa shape index (κ1) is 22.2. The van der Waals surface area contributed by atoms with E-state index in [0.29, 0.717) is 28.2 Å². The lowest BCUT2D eigenvalue weighted by atomic mass is 10.2. The average molecular weight is 464 g/mol. The molecule has 0 saturated carbocycles. The second kappa shape index (κ2) is 10.5. The second-order valence-electron chi connectivity index (χ2n) is 6.64. The van der Waals surface area contributed by atoms with E-state index in [-0.39, 0.29) is 11.7 Å². The largest absolute Gasteiger partial charge is 0.493 e. The molecule has 2 heterocycles. The van der Waals surface area contributed by atoms with Crippen LogP contribution in [0.15, 0.2) is 81.6 Å². The zero-order valence-corrected chi connectivity index (χ0v) is 18.8. The highest BCUT2D eigenvalue weighted by Crippen LogP contribution is 2.34. The molecule has 4 aromatic rings. The van der Waals surface area contributed by atoms with Crippen LogP contribution < -0.4 is 14.9 Å². The number of hydrogen-bond acceptors (Lipinski definition) is 8. The summed E-state index contributed by atoms with van der Waals surface area (Å²) in [7, 11) is 3.17. The fourth-order valence-corrected chi connectivity index (χ4v) is 3.77. The molecule has 4 rings (SSSR count). The molecule has 0 aliphatic heterocycles. The van der Waals surface area contributed by atoms with E-state index in [0.717, 1.165) is 11.3 Å². The molecule has 168 valence electrons. The number of benzene rings is 2. The molecule has 1 amide bonds. The van der Waals surface area contributed by atoms with Crippen molar-refractivity contribution in [3.63, 3.8) is 0 Å². The Labute approximate surface area is 194 Å². The van der Waals surface area contributed by atoms with Crippen LogP contribution in [0.1, 0.15) is 5.76 Å². The van der Waals surface area contributed by atoms with Crippen molar-refractivity contribution in [1.82, 2.24) is 20.2 Å². The van der Waals surface area contributed by atoms with Crippen molar-refractivity contribution in [3.05, 3.63) is 72.7 Å². The van der Waals surface area contributed by atoms with E-state index in [2.05, 4.69) is 20.7 Å². The summed E-state index contributed by atoms with van der Waals surface area (Å²) < 4.78 is 17.8. The molecule has 10 heteroatoms. The summed E-state index contributed by atoms with van der Waals surface area (Å²) in [4.78, 5) is 12.3. The summed E-state index contributed by atoms with van der Waals surface area (Å²) in [6.07, 6.45) is 2.97. The molecule has 0 aliphatic rings. The van der Waals surface area contributed by atoms with Crippen LogP contribution in [-0.4, -0.2) is 46.9 Å². The fourth-order valence-electron chi connectivity index (χ4n) is 3.03. The Bertz CT molecular complexity index is 1240. The molecule has 2 aromatic carbocycles. The van der Waals surface area contributed by atoms with Crippen LogP contribution in [0.2, 0.25) is 0 Å². The highest BCUT2D eigenvalue weighted by molar-refractivity contribution is 7.99. The Morgan fingerprint density at radius 1 is 1.09 bits per heavy atom. The van der Waals surface area contributed by atoms with Crippen molar-refractivity contribution in [2.45, 2.75) is 5.16 Å². The van der Waals surface area contributed by atoms with E-state index in [9.17, 15) is 4.79 Å². The molecule has 0 unspecified atom stereocenters. The molecule has 0 fully saturated rings. The molecule has 33 heavy (non-hydrogen) atoms. The van der Waals surface area contributed by atoms with Crippen LogP contribution >= 0.6 is 11.8 Å². The molecule has 2 aromatic heterocycles. The van der Waals surface area contributed by atoms with E-state index in [4.69, 9.17) is 13.9 Å². The first-order valence-corrected chi connectivity index (χ1v) is 10.9. The van der Waals surface area contributed by atoms with Gasteiger partial charge < -0.3 is 13.9 Å². The van der Waals surface area contributed by atoms with Crippen LogP contribution in [0.25, 0.3) is 17.1 Å². The number of furan rings is 1. The van der Waals surface area contributed by atoms with Crippen molar-refractivity contribution in [2.24, 2.45) is 5.10 Å². The maximum Gasteiger partial charge on any atom is 0.250 e. The number of amides is 1. The Kier molecular flexibility index (Phi) is 7.06. The monoisotopic (exact) mass is 463 g/mol. The Morgan fingerprint density at radius 2 is 1.91 bits per heavy atom. The standard InChI is InChI=1S/C23H21N5O4S/c1-30-19-11-10-16(13-20(19)31-2)22-26-27-23(28(22)17-7-4-3-5-8-17)33-15-21(29)25-24-14-18-9-6-12-32-18/h3-14H,15H2,1-2H3,(H,25,29)/b24-14+. The lowest BCUT2D eigenvalue weighted by Gasteiger charge is -2.12. The molecule has 0 radical (unpaired) electrons. The number of hydrogen-bond donors (Lipinski definition) is 1. The normalized spacial score (nSPS) is 11.0. The minimum atomic E-state index is -0.280. The van der Waals surface area contributed by atoms with Gasteiger partial charge in [-0.3, -0.25) is 9.36 Å². The third-order valence-electron chi connectivity index (χ3n) is 4.55. The van der Waals surface area contributed by atoms with Crippen LogP contribution in [-0.2, 0) is 4.79 Å². The predicted molar refractivity (Wildman–Crippen MR) is 125 cm³/mol. The minimum Gasteiger partial charge on any atom is -0.493 e. The zero-order chi connectivity index (χ0) is 23.0. The van der Waals surface area contributed by atoms with E-state index < -0.39 is 0 Å². The summed E-state index contributed by atoms with van der Waals surface area (Å²) in [6.45, 7) is 0. The van der Waals surface area contributed by atoms with E-state index in [1.165, 1.54) is 24.2 Å². The van der Waals surface area contributed by atoms with E-state index in [1.54, 1.807) is 26.4 Å². The van der Waals surface area contributed by atoms with Gasteiger partial charge in [0.15, 0.2) is 22.5 Å². The molecule has 0 aliphatic carbocycles. The third-order valence-corrected chi connectivity index (χ3v) is 5.48. The average Bonchev–Trinajstić information content (AvgIpc) is 3.53. The number of rotatable bonds is 9. The predicted octanol–water partition coefficient (Wildman–Crippen LogP) is 3.79. The van der Waals surface area contributed by atoms with Crippen LogP contribution in [0, 0.1) is 0 Å². The van der Waals surface area contributed by atoms with Crippen molar-refractivity contribution < 1.29 is 18.7 Å². The number of nitrogens with one attached hydrogen (secondary N) is 1. The van der Waals surface area contributed by atoms with Gasteiger partial charge in [-0.15, -0.1) is 10.2 Å². The number of aromatic nitrogens is 3. The first-order chi connectivity index (χ1) is 16.2. The number of methoxy groups -OCH3 is 2. The molecule has 0 spiro atoms. The number of nitrogens with zero attached hydrogens (tertiary/aromatic N) is 4. The number of carbonyl (C=O) groups excluding carboxylic acids is 1.